The lowest BCUT2D eigenvalue weighted by molar-refractivity contribution is -0.179. The molecule has 0 bridgehead atoms. The zero-order valence-corrected chi connectivity index (χ0v) is 14.4. The topological polar surface area (TPSA) is 55.8 Å². The number of halogens is 2. The van der Waals surface area contributed by atoms with Crippen molar-refractivity contribution >= 4 is 48.9 Å². The summed E-state index contributed by atoms with van der Waals surface area (Å²) in [5.74, 6) is -0.570. The highest BCUT2D eigenvalue weighted by atomic mass is 79.9. The van der Waals surface area contributed by atoms with Crippen molar-refractivity contribution in [3.05, 3.63) is 14.9 Å². The Balaban J connectivity index is 1.76. The summed E-state index contributed by atoms with van der Waals surface area (Å²) in [5.41, 5.74) is 0. The Hall–Kier alpha value is 0.300. The zero-order chi connectivity index (χ0) is 14.4. The molecule has 0 saturated carbocycles. The van der Waals surface area contributed by atoms with E-state index < -0.39 is 15.8 Å². The molecular formula is C11H13BrClNO4S2. The average molecular weight is 403 g/mol. The lowest BCUT2D eigenvalue weighted by Crippen LogP contribution is -2.47. The van der Waals surface area contributed by atoms with Crippen molar-refractivity contribution in [1.82, 2.24) is 4.31 Å². The molecule has 0 unspecified atom stereocenters. The number of thiophene rings is 1. The molecule has 1 aromatic heterocycles. The SMILES string of the molecule is O=S(=O)(c1cc(Cl)c(Br)s1)N1CCC2(CC1)OCCO2. The van der Waals surface area contributed by atoms with Crippen LogP contribution in [0.1, 0.15) is 12.8 Å². The molecule has 20 heavy (non-hydrogen) atoms. The number of hydrogen-bond acceptors (Lipinski definition) is 5. The first kappa shape index (κ1) is 15.2. The fourth-order valence-electron chi connectivity index (χ4n) is 2.43. The fraction of sp³-hybridized carbons (Fsp3) is 0.636. The Morgan fingerprint density at radius 1 is 1.30 bits per heavy atom. The normalized spacial score (nSPS) is 23.5. The van der Waals surface area contributed by atoms with Gasteiger partial charge in [0.2, 0.25) is 0 Å². The van der Waals surface area contributed by atoms with Gasteiger partial charge in [0.25, 0.3) is 10.0 Å². The molecule has 0 aliphatic carbocycles. The molecule has 3 rings (SSSR count). The van der Waals surface area contributed by atoms with E-state index >= 15 is 0 Å². The van der Waals surface area contributed by atoms with Crippen LogP contribution in [0.5, 0.6) is 0 Å². The van der Waals surface area contributed by atoms with Crippen LogP contribution in [-0.2, 0) is 19.5 Å². The molecular weight excluding hydrogens is 390 g/mol. The summed E-state index contributed by atoms with van der Waals surface area (Å²) in [6.45, 7) is 1.96. The first-order valence-electron chi connectivity index (χ1n) is 6.16. The number of hydrogen-bond donors (Lipinski definition) is 0. The molecule has 2 fully saturated rings. The van der Waals surface area contributed by atoms with Gasteiger partial charge in [0.05, 0.1) is 22.0 Å². The van der Waals surface area contributed by atoms with Gasteiger partial charge in [-0.05, 0) is 22.0 Å². The molecule has 1 aromatic rings. The minimum Gasteiger partial charge on any atom is -0.347 e. The van der Waals surface area contributed by atoms with E-state index in [2.05, 4.69) is 15.9 Å². The van der Waals surface area contributed by atoms with Crippen LogP contribution in [0.15, 0.2) is 14.1 Å². The lowest BCUT2D eigenvalue weighted by atomic mass is 10.1. The minimum absolute atomic E-state index is 0.263. The summed E-state index contributed by atoms with van der Waals surface area (Å²) >= 11 is 10.3. The molecule has 3 heterocycles. The molecule has 0 atom stereocenters. The Bertz CT molecular complexity index is 582. The highest BCUT2D eigenvalue weighted by Crippen LogP contribution is 2.38. The number of rotatable bonds is 2. The van der Waals surface area contributed by atoms with E-state index in [-0.39, 0.29) is 4.21 Å². The molecule has 0 radical (unpaired) electrons. The summed E-state index contributed by atoms with van der Waals surface area (Å²) in [4.78, 5) is 0. The van der Waals surface area contributed by atoms with E-state index in [1.54, 1.807) is 0 Å². The number of sulfonamides is 1. The fourth-order valence-corrected chi connectivity index (χ4v) is 6.43. The molecule has 5 nitrogen and oxygen atoms in total. The molecule has 2 aliphatic rings. The van der Waals surface area contributed by atoms with Crippen LogP contribution in [0.4, 0.5) is 0 Å². The summed E-state index contributed by atoms with van der Waals surface area (Å²) in [5, 5.41) is 0.421. The van der Waals surface area contributed by atoms with Gasteiger partial charge in [-0.2, -0.15) is 4.31 Å². The maximum atomic E-state index is 12.5. The molecule has 9 heteroatoms. The first-order chi connectivity index (χ1) is 9.43. The van der Waals surface area contributed by atoms with E-state index in [9.17, 15) is 8.42 Å². The van der Waals surface area contributed by atoms with Crippen LogP contribution in [0, 0.1) is 0 Å². The summed E-state index contributed by atoms with van der Waals surface area (Å²) in [7, 11) is -3.48. The van der Waals surface area contributed by atoms with Gasteiger partial charge in [-0.1, -0.05) is 11.6 Å². The van der Waals surface area contributed by atoms with Crippen LogP contribution in [-0.4, -0.2) is 44.8 Å². The van der Waals surface area contributed by atoms with Gasteiger partial charge < -0.3 is 9.47 Å². The van der Waals surface area contributed by atoms with Crippen LogP contribution >= 0.6 is 38.9 Å². The van der Waals surface area contributed by atoms with Crippen LogP contribution in [0.2, 0.25) is 5.02 Å². The van der Waals surface area contributed by atoms with Crippen LogP contribution in [0.25, 0.3) is 0 Å². The second-order valence-electron chi connectivity index (χ2n) is 4.70. The lowest BCUT2D eigenvalue weighted by Gasteiger charge is -2.36. The van der Waals surface area contributed by atoms with Gasteiger partial charge >= 0.3 is 0 Å². The third kappa shape index (κ3) is 2.67. The van der Waals surface area contributed by atoms with Gasteiger partial charge in [-0.3, -0.25) is 0 Å². The summed E-state index contributed by atoms with van der Waals surface area (Å²) in [6.07, 6.45) is 1.12. The molecule has 2 aliphatic heterocycles. The second-order valence-corrected chi connectivity index (χ2v) is 9.64. The zero-order valence-electron chi connectivity index (χ0n) is 10.5. The van der Waals surface area contributed by atoms with E-state index in [0.717, 1.165) is 11.3 Å². The molecule has 0 aromatic carbocycles. The van der Waals surface area contributed by atoms with Crippen LogP contribution in [0.3, 0.4) is 0 Å². The Morgan fingerprint density at radius 2 is 1.90 bits per heavy atom. The van der Waals surface area contributed by atoms with Crippen LogP contribution < -0.4 is 0 Å². The quantitative estimate of drug-likeness (QED) is 0.763. The van der Waals surface area contributed by atoms with Gasteiger partial charge in [0.15, 0.2) is 5.79 Å². The maximum absolute atomic E-state index is 12.5. The van der Waals surface area contributed by atoms with Crippen molar-refractivity contribution in [3.8, 4) is 0 Å². The molecule has 0 N–H and O–H groups in total. The van der Waals surface area contributed by atoms with Gasteiger partial charge in [-0.15, -0.1) is 11.3 Å². The number of nitrogens with zero attached hydrogens (tertiary/aromatic N) is 1. The Labute approximate surface area is 135 Å². The van der Waals surface area contributed by atoms with E-state index in [4.69, 9.17) is 21.1 Å². The monoisotopic (exact) mass is 401 g/mol. The third-order valence-electron chi connectivity index (χ3n) is 3.51. The minimum atomic E-state index is -3.48. The van der Waals surface area contributed by atoms with Crippen molar-refractivity contribution < 1.29 is 17.9 Å². The Morgan fingerprint density at radius 3 is 2.40 bits per heavy atom. The van der Waals surface area contributed by atoms with Crippen molar-refractivity contribution in [2.45, 2.75) is 22.8 Å². The number of ether oxygens (including phenoxy) is 2. The van der Waals surface area contributed by atoms with Crippen molar-refractivity contribution in [3.63, 3.8) is 0 Å². The van der Waals surface area contributed by atoms with Crippen molar-refractivity contribution in [2.24, 2.45) is 0 Å². The van der Waals surface area contributed by atoms with Gasteiger partial charge in [-0.25, -0.2) is 8.42 Å². The smallest absolute Gasteiger partial charge is 0.252 e. The Kier molecular flexibility index (Phi) is 4.18. The predicted octanol–water partition coefficient (Wildman–Crippen LogP) is 2.69. The second kappa shape index (κ2) is 5.49. The maximum Gasteiger partial charge on any atom is 0.252 e. The summed E-state index contributed by atoms with van der Waals surface area (Å²) < 4.78 is 38.6. The first-order valence-corrected chi connectivity index (χ1v) is 9.59. The predicted molar refractivity (Wildman–Crippen MR) is 79.7 cm³/mol. The third-order valence-corrected chi connectivity index (χ3v) is 8.34. The van der Waals surface area contributed by atoms with E-state index in [0.29, 0.717) is 48.0 Å². The van der Waals surface area contributed by atoms with E-state index in [1.165, 1.54) is 10.4 Å². The largest absolute Gasteiger partial charge is 0.347 e. The van der Waals surface area contributed by atoms with Gasteiger partial charge in [0, 0.05) is 25.9 Å². The van der Waals surface area contributed by atoms with E-state index in [1.807, 2.05) is 0 Å². The van der Waals surface area contributed by atoms with Crippen molar-refractivity contribution in [1.29, 1.82) is 0 Å². The van der Waals surface area contributed by atoms with Crippen molar-refractivity contribution in [2.75, 3.05) is 26.3 Å². The van der Waals surface area contributed by atoms with Gasteiger partial charge in [0.1, 0.15) is 4.21 Å². The molecule has 2 saturated heterocycles. The molecule has 1 spiro atoms. The highest BCUT2D eigenvalue weighted by molar-refractivity contribution is 9.11. The average Bonchev–Trinajstić information content (AvgIpc) is 2.99. The molecule has 0 amide bonds. The number of piperidine rings is 1. The molecule has 112 valence electrons. The standard InChI is InChI=1S/C11H13BrClNO4S2/c12-10-8(13)7-9(19-10)20(15,16)14-3-1-11(2-4-14)17-5-6-18-11/h7H,1-6H2. The summed E-state index contributed by atoms with van der Waals surface area (Å²) in [6, 6.07) is 1.48. The highest BCUT2D eigenvalue weighted by Gasteiger charge is 2.43.